The Morgan fingerprint density at radius 3 is 3.05 bits per heavy atom. The van der Waals surface area contributed by atoms with Crippen molar-refractivity contribution in [1.82, 2.24) is 14.7 Å². The molecule has 0 radical (unpaired) electrons. The third-order valence-corrected chi connectivity index (χ3v) is 4.25. The van der Waals surface area contributed by atoms with Crippen LogP contribution in [0.15, 0.2) is 36.7 Å². The third-order valence-electron chi connectivity index (χ3n) is 4.25. The molecule has 1 aromatic heterocycles. The Morgan fingerprint density at radius 2 is 2.27 bits per heavy atom. The molecule has 1 aromatic carbocycles. The number of hydrogen-bond donors (Lipinski definition) is 0. The Kier molecular flexibility index (Phi) is 4.50. The van der Waals surface area contributed by atoms with Crippen LogP contribution in [0.2, 0.25) is 0 Å². The second-order valence-corrected chi connectivity index (χ2v) is 5.77. The third kappa shape index (κ3) is 3.34. The van der Waals surface area contributed by atoms with Crippen LogP contribution in [0.3, 0.4) is 0 Å². The van der Waals surface area contributed by atoms with Crippen LogP contribution in [0.4, 0.5) is 4.39 Å². The van der Waals surface area contributed by atoms with Crippen molar-refractivity contribution in [1.29, 1.82) is 5.26 Å². The molecule has 1 saturated heterocycles. The molecule has 1 aliphatic heterocycles. The zero-order valence-electron chi connectivity index (χ0n) is 12.5. The van der Waals surface area contributed by atoms with Gasteiger partial charge >= 0.3 is 0 Å². The first-order valence-electron chi connectivity index (χ1n) is 7.66. The van der Waals surface area contributed by atoms with Crippen molar-refractivity contribution in [3.63, 3.8) is 0 Å². The van der Waals surface area contributed by atoms with Crippen molar-refractivity contribution in [2.45, 2.75) is 38.4 Å². The Hall–Kier alpha value is -2.19. The van der Waals surface area contributed by atoms with Crippen molar-refractivity contribution in [3.05, 3.63) is 53.6 Å². The van der Waals surface area contributed by atoms with E-state index in [1.807, 2.05) is 16.9 Å². The molecule has 3 rings (SSSR count). The summed E-state index contributed by atoms with van der Waals surface area (Å²) in [6.45, 7) is 2.34. The average Bonchev–Trinajstić information content (AvgIpc) is 3.04. The number of nitrogens with zero attached hydrogens (tertiary/aromatic N) is 4. The maximum atomic E-state index is 14.0. The molecule has 5 heteroatoms. The van der Waals surface area contributed by atoms with Gasteiger partial charge in [0, 0.05) is 30.5 Å². The van der Waals surface area contributed by atoms with Gasteiger partial charge in [0.15, 0.2) is 0 Å². The summed E-state index contributed by atoms with van der Waals surface area (Å²) in [5.41, 5.74) is 1.11. The van der Waals surface area contributed by atoms with E-state index in [0.29, 0.717) is 23.7 Å². The van der Waals surface area contributed by atoms with E-state index < -0.39 is 0 Å². The number of nitriles is 1. The highest BCUT2D eigenvalue weighted by Crippen LogP contribution is 2.22. The lowest BCUT2D eigenvalue weighted by Gasteiger charge is -2.35. The predicted octanol–water partition coefficient (Wildman–Crippen LogP) is 2.95. The second-order valence-electron chi connectivity index (χ2n) is 5.77. The fourth-order valence-electron chi connectivity index (χ4n) is 3.08. The van der Waals surface area contributed by atoms with Gasteiger partial charge in [-0.2, -0.15) is 10.4 Å². The summed E-state index contributed by atoms with van der Waals surface area (Å²) >= 11 is 0. The lowest BCUT2D eigenvalue weighted by Crippen LogP contribution is -2.41. The van der Waals surface area contributed by atoms with Gasteiger partial charge in [0.2, 0.25) is 0 Å². The fourth-order valence-corrected chi connectivity index (χ4v) is 3.08. The minimum atomic E-state index is -0.234. The molecule has 0 amide bonds. The van der Waals surface area contributed by atoms with Crippen molar-refractivity contribution in [2.24, 2.45) is 0 Å². The normalized spacial score (nSPS) is 19.0. The topological polar surface area (TPSA) is 44.9 Å². The molecule has 1 aliphatic rings. The first-order valence-corrected chi connectivity index (χ1v) is 7.66. The van der Waals surface area contributed by atoms with Crippen LogP contribution in [0, 0.1) is 17.1 Å². The summed E-state index contributed by atoms with van der Waals surface area (Å²) < 4.78 is 15.9. The highest BCUT2D eigenvalue weighted by molar-refractivity contribution is 5.33. The van der Waals surface area contributed by atoms with Crippen LogP contribution in [0.5, 0.6) is 0 Å². The summed E-state index contributed by atoms with van der Waals surface area (Å²) in [7, 11) is 0. The van der Waals surface area contributed by atoms with Crippen molar-refractivity contribution in [2.75, 3.05) is 6.54 Å². The van der Waals surface area contributed by atoms with Gasteiger partial charge in [-0.25, -0.2) is 4.39 Å². The van der Waals surface area contributed by atoms with E-state index in [4.69, 9.17) is 5.26 Å². The first-order chi connectivity index (χ1) is 10.8. The molecule has 0 spiro atoms. The van der Waals surface area contributed by atoms with Crippen LogP contribution in [-0.2, 0) is 13.1 Å². The number of halogens is 1. The molecular formula is C17H19FN4. The van der Waals surface area contributed by atoms with Crippen LogP contribution >= 0.6 is 0 Å². The van der Waals surface area contributed by atoms with Crippen molar-refractivity contribution < 1.29 is 4.39 Å². The van der Waals surface area contributed by atoms with Crippen LogP contribution in [0.1, 0.15) is 30.4 Å². The largest absolute Gasteiger partial charge is 0.294 e. The van der Waals surface area contributed by atoms with E-state index in [1.54, 1.807) is 12.3 Å². The molecule has 1 fully saturated rings. The number of piperidine rings is 1. The first kappa shape index (κ1) is 14.7. The highest BCUT2D eigenvalue weighted by atomic mass is 19.1. The molecule has 2 heterocycles. The Morgan fingerprint density at radius 1 is 1.36 bits per heavy atom. The summed E-state index contributed by atoms with van der Waals surface area (Å²) in [5.74, 6) is -0.234. The maximum absolute atomic E-state index is 14.0. The van der Waals surface area contributed by atoms with Gasteiger partial charge in [0.25, 0.3) is 0 Å². The van der Waals surface area contributed by atoms with Gasteiger partial charge in [-0.15, -0.1) is 0 Å². The van der Waals surface area contributed by atoms with Gasteiger partial charge in [-0.3, -0.25) is 9.58 Å². The summed E-state index contributed by atoms with van der Waals surface area (Å²) in [6.07, 6.45) is 7.17. The smallest absolute Gasteiger partial charge is 0.127 e. The van der Waals surface area contributed by atoms with E-state index in [0.717, 1.165) is 25.9 Å². The highest BCUT2D eigenvalue weighted by Gasteiger charge is 2.24. The van der Waals surface area contributed by atoms with Crippen LogP contribution in [0.25, 0.3) is 0 Å². The summed E-state index contributed by atoms with van der Waals surface area (Å²) in [6, 6.07) is 8.93. The minimum Gasteiger partial charge on any atom is -0.294 e. The zero-order chi connectivity index (χ0) is 15.4. The lowest BCUT2D eigenvalue weighted by molar-refractivity contribution is 0.120. The Labute approximate surface area is 129 Å². The van der Waals surface area contributed by atoms with Gasteiger partial charge in [-0.1, -0.05) is 6.42 Å². The molecule has 0 saturated carbocycles. The molecule has 22 heavy (non-hydrogen) atoms. The Bertz CT molecular complexity index is 660. The molecule has 0 bridgehead atoms. The van der Waals surface area contributed by atoms with Crippen molar-refractivity contribution in [3.8, 4) is 6.07 Å². The minimum absolute atomic E-state index is 0.234. The Balaban J connectivity index is 1.75. The van der Waals surface area contributed by atoms with E-state index >= 15 is 0 Å². The second kappa shape index (κ2) is 6.71. The quantitative estimate of drug-likeness (QED) is 0.871. The molecule has 0 N–H and O–H groups in total. The molecular weight excluding hydrogens is 279 g/mol. The van der Waals surface area contributed by atoms with Gasteiger partial charge in [0.05, 0.1) is 18.2 Å². The molecule has 114 valence electrons. The number of rotatable bonds is 4. The summed E-state index contributed by atoms with van der Waals surface area (Å²) in [4.78, 5) is 2.31. The van der Waals surface area contributed by atoms with Crippen molar-refractivity contribution >= 4 is 0 Å². The molecule has 4 nitrogen and oxygen atoms in total. The SMILES string of the molecule is N#Cc1ccc(F)c(CN2CCCCC2Cn2cccn2)c1. The van der Waals surface area contributed by atoms with E-state index in [2.05, 4.69) is 16.1 Å². The van der Waals surface area contributed by atoms with Gasteiger partial charge in [0.1, 0.15) is 5.82 Å². The molecule has 1 unspecified atom stereocenters. The van der Waals surface area contributed by atoms with E-state index in [9.17, 15) is 4.39 Å². The van der Waals surface area contributed by atoms with Crippen LogP contribution in [-0.4, -0.2) is 27.3 Å². The molecule has 2 aromatic rings. The van der Waals surface area contributed by atoms with Crippen LogP contribution < -0.4 is 0 Å². The summed E-state index contributed by atoms with van der Waals surface area (Å²) in [5, 5.41) is 13.3. The number of aromatic nitrogens is 2. The fraction of sp³-hybridized carbons (Fsp3) is 0.412. The maximum Gasteiger partial charge on any atom is 0.127 e. The average molecular weight is 298 g/mol. The number of likely N-dealkylation sites (tertiary alicyclic amines) is 1. The molecule has 0 aliphatic carbocycles. The van der Waals surface area contributed by atoms with E-state index in [1.165, 1.54) is 18.6 Å². The number of benzene rings is 1. The van der Waals surface area contributed by atoms with Gasteiger partial charge in [-0.05, 0) is 43.7 Å². The van der Waals surface area contributed by atoms with E-state index in [-0.39, 0.29) is 5.82 Å². The lowest BCUT2D eigenvalue weighted by atomic mass is 10.0. The zero-order valence-corrected chi connectivity index (χ0v) is 12.5. The predicted molar refractivity (Wildman–Crippen MR) is 81.4 cm³/mol. The van der Waals surface area contributed by atoms with Gasteiger partial charge < -0.3 is 0 Å². The molecule has 1 atom stereocenters. The number of hydrogen-bond acceptors (Lipinski definition) is 3. The standard InChI is InChI=1S/C17H19FN4/c18-17-6-5-14(11-19)10-15(17)12-21-8-2-1-4-16(21)13-22-9-3-7-20-22/h3,5-7,9-10,16H,1-2,4,8,12-13H2. The monoisotopic (exact) mass is 298 g/mol.